The van der Waals surface area contributed by atoms with Crippen LogP contribution in [0.2, 0.25) is 5.54 Å². The lowest BCUT2D eigenvalue weighted by atomic mass is 10.1. The van der Waals surface area contributed by atoms with E-state index in [-0.39, 0.29) is 0 Å². The number of rotatable bonds is 4. The topological polar surface area (TPSA) is 0 Å². The fourth-order valence-corrected chi connectivity index (χ4v) is 2.36. The number of hydrogen-bond donors (Lipinski definition) is 0. The van der Waals surface area contributed by atoms with Crippen molar-refractivity contribution in [2.24, 2.45) is 5.92 Å². The zero-order chi connectivity index (χ0) is 7.98. The Balaban J connectivity index is 3.71. The monoisotopic (exact) mass is 155 g/mol. The lowest BCUT2D eigenvalue weighted by molar-refractivity contribution is 0.574. The van der Waals surface area contributed by atoms with Gasteiger partial charge >= 0.3 is 0 Å². The molecule has 0 spiro atoms. The van der Waals surface area contributed by atoms with Crippen molar-refractivity contribution in [3.05, 3.63) is 6.92 Å². The van der Waals surface area contributed by atoms with Crippen LogP contribution in [0.1, 0.15) is 33.6 Å². The highest BCUT2D eigenvalue weighted by atomic mass is 28.2. The zero-order valence-corrected chi connectivity index (χ0v) is 8.59. The third kappa shape index (κ3) is 3.99. The molecule has 0 aliphatic rings. The van der Waals surface area contributed by atoms with Crippen molar-refractivity contribution < 1.29 is 0 Å². The van der Waals surface area contributed by atoms with E-state index in [9.17, 15) is 0 Å². The largest absolute Gasteiger partial charge is 0.106 e. The van der Waals surface area contributed by atoms with Gasteiger partial charge in [-0.05, 0) is 33.9 Å². The SMILES string of the molecule is [CH2]CC=[SiH]C(CC)C(C)C. The van der Waals surface area contributed by atoms with Crippen LogP contribution in [-0.2, 0) is 0 Å². The van der Waals surface area contributed by atoms with E-state index in [1.54, 1.807) is 0 Å². The van der Waals surface area contributed by atoms with Crippen LogP contribution in [0.5, 0.6) is 0 Å². The summed E-state index contributed by atoms with van der Waals surface area (Å²) in [6.07, 6.45) is 2.35. The van der Waals surface area contributed by atoms with Crippen LogP contribution in [0, 0.1) is 12.8 Å². The summed E-state index contributed by atoms with van der Waals surface area (Å²) < 4.78 is 0. The molecule has 0 amide bonds. The second-order valence-corrected chi connectivity index (χ2v) is 4.75. The summed E-state index contributed by atoms with van der Waals surface area (Å²) >= 11 is 0. The lowest BCUT2D eigenvalue weighted by Crippen LogP contribution is -2.05. The predicted molar refractivity (Wildman–Crippen MR) is 52.1 cm³/mol. The maximum atomic E-state index is 3.82. The van der Waals surface area contributed by atoms with Crippen LogP contribution >= 0.6 is 0 Å². The molecule has 1 heteroatoms. The van der Waals surface area contributed by atoms with E-state index in [2.05, 4.69) is 33.4 Å². The van der Waals surface area contributed by atoms with Crippen molar-refractivity contribution in [1.82, 2.24) is 0 Å². The molecular formula is C9H19Si. The molecule has 0 aliphatic carbocycles. The van der Waals surface area contributed by atoms with Crippen LogP contribution < -0.4 is 0 Å². The molecule has 0 aliphatic heterocycles. The second kappa shape index (κ2) is 5.84. The number of hydrogen-bond acceptors (Lipinski definition) is 0. The van der Waals surface area contributed by atoms with Gasteiger partial charge in [-0.15, -0.1) is 5.67 Å². The quantitative estimate of drug-likeness (QED) is 0.547. The molecule has 0 rings (SSSR count). The smallest absolute Gasteiger partial charge is 0.00836 e. The van der Waals surface area contributed by atoms with Crippen LogP contribution in [0.15, 0.2) is 0 Å². The molecule has 0 fully saturated rings. The van der Waals surface area contributed by atoms with Gasteiger partial charge in [-0.1, -0.05) is 27.2 Å². The fraction of sp³-hybridized carbons (Fsp3) is 0.778. The normalized spacial score (nSPS) is 14.9. The summed E-state index contributed by atoms with van der Waals surface area (Å²) in [5.74, 6) is 0.864. The fourth-order valence-electron chi connectivity index (χ4n) is 1.10. The van der Waals surface area contributed by atoms with Gasteiger partial charge in [0, 0.05) is 0 Å². The van der Waals surface area contributed by atoms with E-state index in [1.165, 1.54) is 6.42 Å². The zero-order valence-electron chi connectivity index (χ0n) is 7.43. The Morgan fingerprint density at radius 2 is 2.10 bits per heavy atom. The maximum Gasteiger partial charge on any atom is -0.00836 e. The molecule has 0 saturated heterocycles. The molecule has 0 heterocycles. The van der Waals surface area contributed by atoms with Gasteiger partial charge in [-0.2, -0.15) is 0 Å². The van der Waals surface area contributed by atoms with Gasteiger partial charge in [0.25, 0.3) is 0 Å². The van der Waals surface area contributed by atoms with Crippen LogP contribution in [0.25, 0.3) is 0 Å². The van der Waals surface area contributed by atoms with Crippen molar-refractivity contribution in [3.63, 3.8) is 0 Å². The molecule has 0 saturated carbocycles. The minimum absolute atomic E-state index is 0.553. The average Bonchev–Trinajstić information content (AvgIpc) is 1.89. The van der Waals surface area contributed by atoms with E-state index in [1.807, 2.05) is 0 Å². The van der Waals surface area contributed by atoms with Gasteiger partial charge < -0.3 is 0 Å². The molecule has 1 atom stereocenters. The summed E-state index contributed by atoms with van der Waals surface area (Å²) in [6.45, 7) is 10.7. The predicted octanol–water partition coefficient (Wildman–Crippen LogP) is 2.30. The van der Waals surface area contributed by atoms with Crippen molar-refractivity contribution in [2.45, 2.75) is 39.2 Å². The standard InChI is InChI=1S/C9H19Si/c1-5-7-10-9(6-2)8(3)4/h7-10H,1,5-6H2,2-4H3. The van der Waals surface area contributed by atoms with E-state index in [0.29, 0.717) is 9.13 Å². The molecule has 0 nitrogen and oxygen atoms in total. The summed E-state index contributed by atoms with van der Waals surface area (Å²) in [6, 6.07) is 0. The summed E-state index contributed by atoms with van der Waals surface area (Å²) in [7, 11) is 0.553. The van der Waals surface area contributed by atoms with Crippen LogP contribution in [-0.4, -0.2) is 14.8 Å². The summed E-state index contributed by atoms with van der Waals surface area (Å²) in [5, 5.41) is 0. The van der Waals surface area contributed by atoms with E-state index in [4.69, 9.17) is 0 Å². The van der Waals surface area contributed by atoms with Crippen molar-refractivity contribution >= 4 is 14.8 Å². The Labute approximate surface area is 67.5 Å². The highest BCUT2D eigenvalue weighted by Gasteiger charge is 2.05. The van der Waals surface area contributed by atoms with Gasteiger partial charge in [-0.25, -0.2) is 0 Å². The summed E-state index contributed by atoms with van der Waals surface area (Å²) in [4.78, 5) is 0. The first-order valence-corrected chi connectivity index (χ1v) is 5.51. The Morgan fingerprint density at radius 1 is 1.50 bits per heavy atom. The first-order valence-electron chi connectivity index (χ1n) is 4.18. The van der Waals surface area contributed by atoms with Gasteiger partial charge in [0.1, 0.15) is 0 Å². The van der Waals surface area contributed by atoms with Crippen molar-refractivity contribution in [3.8, 4) is 0 Å². The molecule has 10 heavy (non-hydrogen) atoms. The molecule has 0 N–H and O–H groups in total. The molecule has 0 aromatic carbocycles. The lowest BCUT2D eigenvalue weighted by Gasteiger charge is -2.13. The molecule has 0 bridgehead atoms. The highest BCUT2D eigenvalue weighted by molar-refractivity contribution is 6.48. The first-order chi connectivity index (χ1) is 4.72. The molecule has 59 valence electrons. The van der Waals surface area contributed by atoms with E-state index in [0.717, 1.165) is 17.9 Å². The minimum atomic E-state index is 0.553. The van der Waals surface area contributed by atoms with Gasteiger partial charge in [0.15, 0.2) is 0 Å². The molecular weight excluding hydrogens is 136 g/mol. The minimum Gasteiger partial charge on any atom is -0.106 e. The first kappa shape index (κ1) is 10.1. The average molecular weight is 155 g/mol. The Kier molecular flexibility index (Phi) is 5.89. The maximum absolute atomic E-state index is 3.82. The molecule has 0 aromatic heterocycles. The van der Waals surface area contributed by atoms with Crippen LogP contribution in [0.4, 0.5) is 0 Å². The second-order valence-electron chi connectivity index (χ2n) is 3.03. The van der Waals surface area contributed by atoms with Crippen molar-refractivity contribution in [1.29, 1.82) is 0 Å². The Bertz CT molecular complexity index is 94.9. The molecule has 1 unspecified atom stereocenters. The Morgan fingerprint density at radius 3 is 2.40 bits per heavy atom. The van der Waals surface area contributed by atoms with Gasteiger partial charge in [-0.3, -0.25) is 0 Å². The third-order valence-electron chi connectivity index (χ3n) is 1.88. The van der Waals surface area contributed by atoms with E-state index < -0.39 is 0 Å². The van der Waals surface area contributed by atoms with Crippen LogP contribution in [0.3, 0.4) is 0 Å². The highest BCUT2D eigenvalue weighted by Crippen LogP contribution is 2.17. The third-order valence-corrected chi connectivity index (χ3v) is 4.22. The van der Waals surface area contributed by atoms with Gasteiger partial charge in [0.2, 0.25) is 0 Å². The Hall–Kier alpha value is 0.0869. The summed E-state index contributed by atoms with van der Waals surface area (Å²) in [5.41, 5.74) is 3.33. The molecule has 0 aromatic rings. The molecule has 1 radical (unpaired) electrons. The van der Waals surface area contributed by atoms with Crippen molar-refractivity contribution in [2.75, 3.05) is 0 Å². The van der Waals surface area contributed by atoms with Gasteiger partial charge in [0.05, 0.1) is 0 Å². The van der Waals surface area contributed by atoms with E-state index >= 15 is 0 Å².